The average molecular weight is 137 g/mol. The van der Waals surface area contributed by atoms with Crippen LogP contribution in [-0.4, -0.2) is 18.5 Å². The fourth-order valence-electron chi connectivity index (χ4n) is 0.532. The highest BCUT2D eigenvalue weighted by Gasteiger charge is 2.20. The van der Waals surface area contributed by atoms with Gasteiger partial charge in [0.05, 0.1) is 6.04 Å². The van der Waals surface area contributed by atoms with Gasteiger partial charge in [0.15, 0.2) is 0 Å². The summed E-state index contributed by atoms with van der Waals surface area (Å²) in [6, 6.07) is -0.0278. The summed E-state index contributed by atoms with van der Waals surface area (Å²) in [4.78, 5) is 10.1. The summed E-state index contributed by atoms with van der Waals surface area (Å²) in [5.74, 6) is -0.230. The van der Waals surface area contributed by atoms with Crippen molar-refractivity contribution in [2.75, 3.05) is 6.54 Å². The zero-order chi connectivity index (χ0) is 5.28. The van der Waals surface area contributed by atoms with Crippen LogP contribution in [0.1, 0.15) is 6.42 Å². The van der Waals surface area contributed by atoms with Crippen molar-refractivity contribution in [2.45, 2.75) is 12.5 Å². The average Bonchev–Trinajstić information content (AvgIpc) is 1.23. The lowest BCUT2D eigenvalue weighted by atomic mass is 10.1. The minimum atomic E-state index is -0.230. The summed E-state index contributed by atoms with van der Waals surface area (Å²) < 4.78 is 0. The molecular weight excluding hydrogens is 128 g/mol. The minimum absolute atomic E-state index is 0. The van der Waals surface area contributed by atoms with Gasteiger partial charge in [-0.3, -0.25) is 4.79 Å². The quantitative estimate of drug-likeness (QED) is 0.499. The van der Waals surface area contributed by atoms with Crippen LogP contribution in [0.5, 0.6) is 0 Å². The Labute approximate surface area is 54.0 Å². The van der Waals surface area contributed by atoms with Gasteiger partial charge in [0.1, 0.15) is 0 Å². The lowest BCUT2D eigenvalue weighted by molar-refractivity contribution is -0.121. The molecule has 1 aliphatic heterocycles. The van der Waals surface area contributed by atoms with Crippen molar-refractivity contribution in [1.29, 1.82) is 0 Å². The highest BCUT2D eigenvalue weighted by Crippen LogP contribution is 1.98. The van der Waals surface area contributed by atoms with Gasteiger partial charge in [-0.15, -0.1) is 12.4 Å². The molecule has 1 rings (SSSR count). The number of carbonyl (C=O) groups excluding carboxylic acids is 1. The fourth-order valence-corrected chi connectivity index (χ4v) is 0.532. The number of nitrogens with two attached hydrogens (primary N) is 1. The molecule has 0 aromatic rings. The monoisotopic (exact) mass is 136 g/mol. The van der Waals surface area contributed by atoms with E-state index in [0.29, 0.717) is 0 Å². The van der Waals surface area contributed by atoms with Gasteiger partial charge in [-0.05, 0) is 13.0 Å². The first-order valence-electron chi connectivity index (χ1n) is 2.33. The van der Waals surface area contributed by atoms with E-state index in [0.717, 1.165) is 13.0 Å². The maximum Gasteiger partial charge on any atom is 0.234 e. The van der Waals surface area contributed by atoms with Gasteiger partial charge in [0.2, 0.25) is 5.91 Å². The van der Waals surface area contributed by atoms with E-state index in [-0.39, 0.29) is 24.4 Å². The Morgan fingerprint density at radius 1 is 1.75 bits per heavy atom. The molecule has 1 heterocycles. The van der Waals surface area contributed by atoms with E-state index in [1.807, 2.05) is 0 Å². The number of rotatable bonds is 1. The van der Waals surface area contributed by atoms with Crippen molar-refractivity contribution >= 4 is 18.3 Å². The minimum Gasteiger partial charge on any atom is -0.368 e. The van der Waals surface area contributed by atoms with E-state index in [4.69, 9.17) is 5.73 Å². The number of amides is 1. The Hall–Kier alpha value is -0.280. The van der Waals surface area contributed by atoms with Crippen LogP contribution >= 0.6 is 12.4 Å². The Kier molecular flexibility index (Phi) is 2.79. The van der Waals surface area contributed by atoms with Crippen LogP contribution in [0.15, 0.2) is 0 Å². The molecule has 1 aliphatic rings. The lowest BCUT2D eigenvalue weighted by Gasteiger charge is -2.23. The Bertz CT molecular complexity index is 92.0. The van der Waals surface area contributed by atoms with Crippen molar-refractivity contribution in [3.05, 3.63) is 0 Å². The molecule has 8 heavy (non-hydrogen) atoms. The Morgan fingerprint density at radius 2 is 2.25 bits per heavy atom. The van der Waals surface area contributed by atoms with Crippen LogP contribution in [0.25, 0.3) is 0 Å². The summed E-state index contributed by atoms with van der Waals surface area (Å²) in [7, 11) is 0. The standard InChI is InChI=1S/C4H8N2O.ClH/c5-4(7)3-1-2-6-3;/h3,6H,1-2H2,(H2,5,7);1H/t3-;/m0./s1. The highest BCUT2D eigenvalue weighted by molar-refractivity contribution is 5.85. The maximum atomic E-state index is 10.1. The molecule has 1 saturated heterocycles. The third-order valence-electron chi connectivity index (χ3n) is 1.17. The first-order chi connectivity index (χ1) is 3.30. The molecule has 0 bridgehead atoms. The summed E-state index contributed by atoms with van der Waals surface area (Å²) in [5, 5.41) is 2.87. The van der Waals surface area contributed by atoms with Crippen LogP contribution in [-0.2, 0) is 4.79 Å². The van der Waals surface area contributed by atoms with Crippen LogP contribution < -0.4 is 11.1 Å². The number of primary amides is 1. The van der Waals surface area contributed by atoms with E-state index in [2.05, 4.69) is 5.32 Å². The van der Waals surface area contributed by atoms with Gasteiger partial charge in [-0.2, -0.15) is 0 Å². The molecule has 0 aromatic heterocycles. The molecule has 0 saturated carbocycles. The van der Waals surface area contributed by atoms with E-state index in [1.165, 1.54) is 0 Å². The van der Waals surface area contributed by atoms with Crippen LogP contribution in [0.4, 0.5) is 0 Å². The molecule has 3 N–H and O–H groups in total. The van der Waals surface area contributed by atoms with Gasteiger partial charge in [-0.1, -0.05) is 0 Å². The van der Waals surface area contributed by atoms with Crippen molar-refractivity contribution in [2.24, 2.45) is 5.73 Å². The second-order valence-electron chi connectivity index (χ2n) is 1.70. The molecule has 0 aliphatic carbocycles. The zero-order valence-electron chi connectivity index (χ0n) is 4.39. The van der Waals surface area contributed by atoms with E-state index >= 15 is 0 Å². The van der Waals surface area contributed by atoms with Gasteiger partial charge in [0.25, 0.3) is 0 Å². The number of hydrogen-bond donors (Lipinski definition) is 2. The predicted octanol–water partition coefficient (Wildman–Crippen LogP) is -0.745. The molecular formula is C4H9ClN2O. The van der Waals surface area contributed by atoms with E-state index < -0.39 is 0 Å². The molecule has 3 nitrogen and oxygen atoms in total. The predicted molar refractivity (Wildman–Crippen MR) is 32.9 cm³/mol. The molecule has 0 unspecified atom stereocenters. The number of hydrogen-bond acceptors (Lipinski definition) is 2. The molecule has 1 atom stereocenters. The van der Waals surface area contributed by atoms with Crippen molar-refractivity contribution in [3.8, 4) is 0 Å². The molecule has 48 valence electrons. The van der Waals surface area contributed by atoms with E-state index in [1.54, 1.807) is 0 Å². The molecule has 0 spiro atoms. The van der Waals surface area contributed by atoms with E-state index in [9.17, 15) is 4.79 Å². The third-order valence-corrected chi connectivity index (χ3v) is 1.17. The van der Waals surface area contributed by atoms with Crippen LogP contribution in [0, 0.1) is 0 Å². The molecule has 0 radical (unpaired) electrons. The van der Waals surface area contributed by atoms with Crippen LogP contribution in [0.3, 0.4) is 0 Å². The number of nitrogens with one attached hydrogen (secondary N) is 1. The maximum absolute atomic E-state index is 10.1. The normalized spacial score (nSPS) is 25.2. The Balaban J connectivity index is 0.000000490. The number of carbonyl (C=O) groups is 1. The van der Waals surface area contributed by atoms with Crippen molar-refractivity contribution in [1.82, 2.24) is 5.32 Å². The summed E-state index contributed by atoms with van der Waals surface area (Å²) in [5.41, 5.74) is 4.90. The van der Waals surface area contributed by atoms with Gasteiger partial charge in [0, 0.05) is 0 Å². The largest absolute Gasteiger partial charge is 0.368 e. The highest BCUT2D eigenvalue weighted by atomic mass is 35.5. The first kappa shape index (κ1) is 7.72. The molecule has 0 aromatic carbocycles. The summed E-state index contributed by atoms with van der Waals surface area (Å²) >= 11 is 0. The second-order valence-corrected chi connectivity index (χ2v) is 1.70. The molecule has 1 fully saturated rings. The second kappa shape index (κ2) is 2.89. The number of halogens is 1. The summed E-state index contributed by atoms with van der Waals surface area (Å²) in [6.07, 6.45) is 0.912. The van der Waals surface area contributed by atoms with Crippen molar-refractivity contribution in [3.63, 3.8) is 0 Å². The van der Waals surface area contributed by atoms with Gasteiger partial charge < -0.3 is 11.1 Å². The first-order valence-corrected chi connectivity index (χ1v) is 2.33. The fraction of sp³-hybridized carbons (Fsp3) is 0.750. The third kappa shape index (κ3) is 1.35. The SMILES string of the molecule is Cl.NC(=O)[C@@H]1CCN1. The summed E-state index contributed by atoms with van der Waals surface area (Å²) in [6.45, 7) is 0.938. The lowest BCUT2D eigenvalue weighted by Crippen LogP contribution is -2.51. The topological polar surface area (TPSA) is 55.1 Å². The smallest absolute Gasteiger partial charge is 0.234 e. The van der Waals surface area contributed by atoms with Gasteiger partial charge in [-0.25, -0.2) is 0 Å². The molecule has 1 amide bonds. The van der Waals surface area contributed by atoms with Crippen LogP contribution in [0.2, 0.25) is 0 Å². The Morgan fingerprint density at radius 3 is 2.25 bits per heavy atom. The van der Waals surface area contributed by atoms with Crippen molar-refractivity contribution < 1.29 is 4.79 Å². The zero-order valence-corrected chi connectivity index (χ0v) is 5.20. The van der Waals surface area contributed by atoms with Gasteiger partial charge >= 0.3 is 0 Å². The molecule has 4 heteroatoms.